The van der Waals surface area contributed by atoms with E-state index in [4.69, 9.17) is 24.3 Å². The fourth-order valence-electron chi connectivity index (χ4n) is 2.06. The molecule has 1 aromatic carbocycles. The summed E-state index contributed by atoms with van der Waals surface area (Å²) in [4.78, 5) is 12.0. The maximum absolute atomic E-state index is 12.4. The third kappa shape index (κ3) is 7.04. The van der Waals surface area contributed by atoms with Crippen molar-refractivity contribution in [3.8, 4) is 11.5 Å². The summed E-state index contributed by atoms with van der Waals surface area (Å²) in [7, 11) is -1.68. The average molecular weight is 374 g/mol. The first-order chi connectivity index (χ1) is 12.0. The van der Waals surface area contributed by atoms with Crippen molar-refractivity contribution in [1.29, 1.82) is 0 Å². The average Bonchev–Trinajstić information content (AvgIpc) is 2.59. The van der Waals surface area contributed by atoms with E-state index in [2.05, 4.69) is 5.32 Å². The van der Waals surface area contributed by atoms with E-state index < -0.39 is 7.60 Å². The van der Waals surface area contributed by atoms with Crippen LogP contribution in [0.3, 0.4) is 0 Å². The Kier molecular flexibility index (Phi) is 9.52. The van der Waals surface area contributed by atoms with E-state index in [0.717, 1.165) is 0 Å². The summed E-state index contributed by atoms with van der Waals surface area (Å²) in [6, 6.07) is 4.85. The van der Waals surface area contributed by atoms with Crippen molar-refractivity contribution in [2.75, 3.05) is 46.2 Å². The third-order valence-corrected chi connectivity index (χ3v) is 5.17. The van der Waals surface area contributed by atoms with Gasteiger partial charge < -0.3 is 29.6 Å². The lowest BCUT2D eigenvalue weighted by molar-refractivity contribution is 0.0951. The fraction of sp³-hybridized carbons (Fsp3) is 0.562. The Labute approximate surface area is 148 Å². The lowest BCUT2D eigenvalue weighted by Crippen LogP contribution is -2.29. The molecule has 0 radical (unpaired) electrons. The van der Waals surface area contributed by atoms with Gasteiger partial charge in [0.25, 0.3) is 5.91 Å². The van der Waals surface area contributed by atoms with Crippen molar-refractivity contribution < 1.29 is 27.9 Å². The lowest BCUT2D eigenvalue weighted by atomic mass is 10.1. The molecular formula is C16H27N2O6P. The van der Waals surface area contributed by atoms with E-state index in [1.807, 2.05) is 0 Å². The van der Waals surface area contributed by atoms with Gasteiger partial charge in [-0.1, -0.05) is 0 Å². The molecule has 25 heavy (non-hydrogen) atoms. The standard InChI is InChI=1S/C16H27N2O6P/c1-4-23-25(20,24-5-2)11-10-22-13-6-7-14(15(12-13)21-3)16(19)18-9-8-17/h6-7,12H,4-5,8-11,17H2,1-3H3,(H,18,19). The highest BCUT2D eigenvalue weighted by Gasteiger charge is 2.23. The summed E-state index contributed by atoms with van der Waals surface area (Å²) in [5.74, 6) is 0.600. The maximum Gasteiger partial charge on any atom is 0.334 e. The summed E-state index contributed by atoms with van der Waals surface area (Å²) in [5, 5.41) is 2.68. The molecule has 0 fully saturated rings. The van der Waals surface area contributed by atoms with Crippen LogP contribution in [0, 0.1) is 0 Å². The van der Waals surface area contributed by atoms with E-state index in [0.29, 0.717) is 43.4 Å². The molecule has 1 rings (SSSR count). The second-order valence-electron chi connectivity index (χ2n) is 4.93. The maximum atomic E-state index is 12.4. The van der Waals surface area contributed by atoms with Gasteiger partial charge in [0.2, 0.25) is 0 Å². The van der Waals surface area contributed by atoms with Crippen LogP contribution in [0.2, 0.25) is 0 Å². The highest BCUT2D eigenvalue weighted by Crippen LogP contribution is 2.47. The highest BCUT2D eigenvalue weighted by molar-refractivity contribution is 7.53. The van der Waals surface area contributed by atoms with Gasteiger partial charge in [-0.25, -0.2) is 0 Å². The van der Waals surface area contributed by atoms with Crippen LogP contribution < -0.4 is 20.5 Å². The number of carbonyl (C=O) groups excluding carboxylic acids is 1. The minimum Gasteiger partial charge on any atom is -0.496 e. The Balaban J connectivity index is 2.71. The molecule has 1 aromatic rings. The van der Waals surface area contributed by atoms with Gasteiger partial charge in [0, 0.05) is 19.2 Å². The molecule has 0 spiro atoms. The van der Waals surface area contributed by atoms with Crippen LogP contribution in [0.25, 0.3) is 0 Å². The molecule has 142 valence electrons. The number of carbonyl (C=O) groups is 1. The lowest BCUT2D eigenvalue weighted by Gasteiger charge is -2.17. The van der Waals surface area contributed by atoms with Crippen molar-refractivity contribution >= 4 is 13.5 Å². The molecule has 0 atom stereocenters. The zero-order valence-electron chi connectivity index (χ0n) is 14.9. The molecule has 0 saturated carbocycles. The summed E-state index contributed by atoms with van der Waals surface area (Å²) in [6.07, 6.45) is 0.135. The van der Waals surface area contributed by atoms with E-state index in [9.17, 15) is 9.36 Å². The van der Waals surface area contributed by atoms with Gasteiger partial charge in [-0.2, -0.15) is 0 Å². The Morgan fingerprint density at radius 3 is 2.48 bits per heavy atom. The first-order valence-electron chi connectivity index (χ1n) is 8.16. The Hall–Kier alpha value is -1.60. The Morgan fingerprint density at radius 1 is 1.24 bits per heavy atom. The number of hydrogen-bond acceptors (Lipinski definition) is 7. The van der Waals surface area contributed by atoms with Crippen LogP contribution in [-0.4, -0.2) is 52.1 Å². The molecule has 0 bridgehead atoms. The van der Waals surface area contributed by atoms with Gasteiger partial charge in [0.15, 0.2) is 0 Å². The van der Waals surface area contributed by atoms with Crippen molar-refractivity contribution in [3.63, 3.8) is 0 Å². The summed E-state index contributed by atoms with van der Waals surface area (Å²) >= 11 is 0. The normalized spacial score (nSPS) is 11.2. The van der Waals surface area contributed by atoms with Crippen molar-refractivity contribution in [3.05, 3.63) is 23.8 Å². The number of ether oxygens (including phenoxy) is 2. The number of benzene rings is 1. The minimum absolute atomic E-state index is 0.135. The Morgan fingerprint density at radius 2 is 1.92 bits per heavy atom. The van der Waals surface area contributed by atoms with Crippen LogP contribution in [0.15, 0.2) is 18.2 Å². The molecule has 0 aliphatic carbocycles. The number of hydrogen-bond donors (Lipinski definition) is 2. The molecular weight excluding hydrogens is 347 g/mol. The van der Waals surface area contributed by atoms with E-state index in [1.165, 1.54) is 7.11 Å². The minimum atomic E-state index is -3.15. The summed E-state index contributed by atoms with van der Waals surface area (Å²) in [5.41, 5.74) is 5.76. The summed E-state index contributed by atoms with van der Waals surface area (Å²) < 4.78 is 33.6. The second kappa shape index (κ2) is 11.1. The second-order valence-corrected chi connectivity index (χ2v) is 7.11. The number of methoxy groups -OCH3 is 1. The van der Waals surface area contributed by atoms with Gasteiger partial charge in [-0.05, 0) is 26.0 Å². The van der Waals surface area contributed by atoms with Crippen LogP contribution in [0.5, 0.6) is 11.5 Å². The molecule has 0 aliphatic heterocycles. The van der Waals surface area contributed by atoms with Crippen molar-refractivity contribution in [1.82, 2.24) is 5.32 Å². The first kappa shape index (κ1) is 21.4. The first-order valence-corrected chi connectivity index (χ1v) is 9.89. The molecule has 1 amide bonds. The van der Waals surface area contributed by atoms with Crippen LogP contribution in [-0.2, 0) is 13.6 Å². The van der Waals surface area contributed by atoms with Crippen molar-refractivity contribution in [2.45, 2.75) is 13.8 Å². The zero-order valence-corrected chi connectivity index (χ0v) is 15.8. The molecule has 3 N–H and O–H groups in total. The fourth-order valence-corrected chi connectivity index (χ4v) is 3.50. The molecule has 0 saturated heterocycles. The molecule has 0 unspecified atom stereocenters. The smallest absolute Gasteiger partial charge is 0.334 e. The van der Waals surface area contributed by atoms with Gasteiger partial charge in [0.05, 0.1) is 38.7 Å². The monoisotopic (exact) mass is 374 g/mol. The topological polar surface area (TPSA) is 109 Å². The van der Waals surface area contributed by atoms with E-state index >= 15 is 0 Å². The van der Waals surface area contributed by atoms with Gasteiger partial charge in [-0.3, -0.25) is 9.36 Å². The zero-order chi connectivity index (χ0) is 18.7. The number of amides is 1. The summed E-state index contributed by atoms with van der Waals surface area (Å²) in [6.45, 7) is 5.01. The molecule has 0 aliphatic rings. The van der Waals surface area contributed by atoms with Crippen LogP contribution in [0.1, 0.15) is 24.2 Å². The number of nitrogens with one attached hydrogen (secondary N) is 1. The van der Waals surface area contributed by atoms with Crippen molar-refractivity contribution in [2.24, 2.45) is 5.73 Å². The number of nitrogens with two attached hydrogens (primary N) is 1. The van der Waals surface area contributed by atoms with Gasteiger partial charge in [-0.15, -0.1) is 0 Å². The Bertz CT molecular complexity index is 586. The molecule has 8 nitrogen and oxygen atoms in total. The number of rotatable bonds is 12. The molecule has 0 heterocycles. The van der Waals surface area contributed by atoms with Crippen LogP contribution in [0.4, 0.5) is 0 Å². The molecule has 0 aromatic heterocycles. The third-order valence-electron chi connectivity index (χ3n) is 3.13. The SMILES string of the molecule is CCOP(=O)(CCOc1ccc(C(=O)NCCN)c(OC)c1)OCC. The van der Waals surface area contributed by atoms with Gasteiger partial charge in [0.1, 0.15) is 11.5 Å². The highest BCUT2D eigenvalue weighted by atomic mass is 31.2. The predicted octanol–water partition coefficient (Wildman–Crippen LogP) is 2.03. The van der Waals surface area contributed by atoms with E-state index in [1.54, 1.807) is 32.0 Å². The van der Waals surface area contributed by atoms with Gasteiger partial charge >= 0.3 is 7.60 Å². The largest absolute Gasteiger partial charge is 0.496 e. The predicted molar refractivity (Wildman–Crippen MR) is 95.6 cm³/mol. The molecule has 9 heteroatoms. The van der Waals surface area contributed by atoms with E-state index in [-0.39, 0.29) is 18.7 Å². The quantitative estimate of drug-likeness (QED) is 0.539. The van der Waals surface area contributed by atoms with Crippen LogP contribution >= 0.6 is 7.60 Å².